The molecule has 16 heteroatoms. The summed E-state index contributed by atoms with van der Waals surface area (Å²) < 4.78 is 131. The molecule has 1 N–H and O–H groups in total. The third-order valence-electron chi connectivity index (χ3n) is 3.46. The molecule has 0 bridgehead atoms. The zero-order valence-electron chi connectivity index (χ0n) is 13.5. The molecule has 0 saturated heterocycles. The van der Waals surface area contributed by atoms with Gasteiger partial charge in [0.15, 0.2) is 5.17 Å². The van der Waals surface area contributed by atoms with Gasteiger partial charge in [0.2, 0.25) is 5.83 Å². The first kappa shape index (κ1) is 24.6. The van der Waals surface area contributed by atoms with Crippen LogP contribution in [0.25, 0.3) is 0 Å². The standard InChI is InChI=1S/C14H4Cl2F10N2OS/c15-4-1-2-5(6(16)3-4)9(29)27-10-28-11(13(21,22)23,14(24,25)26)8(30-10)7(17)12(18,19)20/h1-3H,(H,27,28,29)/b8-7+. The van der Waals surface area contributed by atoms with Crippen LogP contribution in [-0.4, -0.2) is 35.1 Å². The van der Waals surface area contributed by atoms with Crippen molar-refractivity contribution < 1.29 is 48.7 Å². The average Bonchev–Trinajstić information content (AvgIpc) is 2.93. The molecule has 1 aromatic carbocycles. The molecule has 0 aromatic heterocycles. The Labute approximate surface area is 174 Å². The van der Waals surface area contributed by atoms with E-state index in [2.05, 4.69) is 4.99 Å². The van der Waals surface area contributed by atoms with E-state index >= 15 is 0 Å². The smallest absolute Gasteiger partial charge is 0.301 e. The molecule has 30 heavy (non-hydrogen) atoms. The Balaban J connectivity index is 2.62. The topological polar surface area (TPSA) is 41.5 Å². The normalized spacial score (nSPS) is 18.9. The molecule has 1 aliphatic heterocycles. The van der Waals surface area contributed by atoms with Gasteiger partial charge < -0.3 is 5.32 Å². The van der Waals surface area contributed by atoms with Gasteiger partial charge in [-0.25, -0.2) is 9.38 Å². The number of nitrogens with zero attached hydrogens (tertiary/aromatic N) is 1. The molecule has 0 spiro atoms. The minimum Gasteiger partial charge on any atom is -0.301 e. The highest BCUT2D eigenvalue weighted by Crippen LogP contribution is 2.59. The van der Waals surface area contributed by atoms with E-state index in [-0.39, 0.29) is 10.0 Å². The largest absolute Gasteiger partial charge is 0.443 e. The third-order valence-corrected chi connectivity index (χ3v) is 5.07. The third kappa shape index (κ3) is 4.35. The van der Waals surface area contributed by atoms with Crippen LogP contribution >= 0.6 is 35.0 Å². The average molecular weight is 509 g/mol. The molecule has 1 heterocycles. The van der Waals surface area contributed by atoms with Crippen LogP contribution in [0.3, 0.4) is 0 Å². The van der Waals surface area contributed by atoms with E-state index in [1.807, 2.05) is 0 Å². The first-order valence-electron chi connectivity index (χ1n) is 7.07. The second-order valence-corrected chi connectivity index (χ2v) is 7.29. The van der Waals surface area contributed by atoms with E-state index in [9.17, 15) is 48.7 Å². The quantitative estimate of drug-likeness (QED) is 0.444. The number of hydrogen-bond acceptors (Lipinski definition) is 3. The number of rotatable bonds is 1. The highest BCUT2D eigenvalue weighted by Gasteiger charge is 2.77. The Morgan fingerprint density at radius 3 is 1.97 bits per heavy atom. The molecule has 2 rings (SSSR count). The SMILES string of the molecule is O=C(NC1=NC(C(F)(F)F)(C(F)(F)F)/C(=C(\F)C(F)(F)F)S1)c1ccc(Cl)cc1Cl. The van der Waals surface area contributed by atoms with E-state index < -0.39 is 63.2 Å². The van der Waals surface area contributed by atoms with Crippen LogP contribution in [0.5, 0.6) is 0 Å². The van der Waals surface area contributed by atoms with Crippen molar-refractivity contribution in [2.45, 2.75) is 24.1 Å². The van der Waals surface area contributed by atoms with Gasteiger partial charge in [-0.1, -0.05) is 35.0 Å². The highest BCUT2D eigenvalue weighted by molar-refractivity contribution is 8.17. The van der Waals surface area contributed by atoms with Gasteiger partial charge in [-0.05, 0) is 18.2 Å². The van der Waals surface area contributed by atoms with E-state index in [4.69, 9.17) is 23.2 Å². The predicted octanol–water partition coefficient (Wildman–Crippen LogP) is 6.43. The molecular formula is C14H4Cl2F10N2OS. The van der Waals surface area contributed by atoms with Gasteiger partial charge in [0.05, 0.1) is 15.5 Å². The molecular weight excluding hydrogens is 505 g/mol. The van der Waals surface area contributed by atoms with Crippen molar-refractivity contribution in [1.29, 1.82) is 0 Å². The second-order valence-electron chi connectivity index (χ2n) is 5.44. The molecule has 0 radical (unpaired) electrons. The fourth-order valence-corrected chi connectivity index (χ4v) is 3.81. The Morgan fingerprint density at radius 2 is 1.53 bits per heavy atom. The summed E-state index contributed by atoms with van der Waals surface area (Å²) in [4.78, 5) is 11.5. The number of thioether (sulfide) groups is 1. The maximum absolute atomic E-state index is 13.6. The Bertz CT molecular complexity index is 922. The maximum atomic E-state index is 13.6. The summed E-state index contributed by atoms with van der Waals surface area (Å²) in [5.41, 5.74) is -6.07. The number of amides is 1. The summed E-state index contributed by atoms with van der Waals surface area (Å²) in [5, 5.41) is -0.458. The zero-order chi connectivity index (χ0) is 23.3. The first-order chi connectivity index (χ1) is 13.4. The van der Waals surface area contributed by atoms with Crippen LogP contribution in [0, 0.1) is 0 Å². The number of carbonyl (C=O) groups is 1. The molecule has 0 atom stereocenters. The van der Waals surface area contributed by atoms with E-state index in [0.717, 1.165) is 18.2 Å². The van der Waals surface area contributed by atoms with Crippen molar-refractivity contribution in [2.24, 2.45) is 4.99 Å². The molecule has 3 nitrogen and oxygen atoms in total. The number of alkyl halides is 9. The molecule has 1 aromatic rings. The summed E-state index contributed by atoms with van der Waals surface area (Å²) in [7, 11) is 0. The molecule has 0 saturated carbocycles. The summed E-state index contributed by atoms with van der Waals surface area (Å²) in [6.07, 6.45) is -19.2. The van der Waals surface area contributed by atoms with E-state index in [1.54, 1.807) is 0 Å². The number of allylic oxidation sites excluding steroid dienone is 1. The summed E-state index contributed by atoms with van der Waals surface area (Å²) in [6, 6.07) is 3.04. The van der Waals surface area contributed by atoms with Gasteiger partial charge >= 0.3 is 18.5 Å². The van der Waals surface area contributed by atoms with Gasteiger partial charge in [-0.3, -0.25) is 4.79 Å². The minimum atomic E-state index is -6.53. The molecule has 0 unspecified atom stereocenters. The predicted molar refractivity (Wildman–Crippen MR) is 88.0 cm³/mol. The van der Waals surface area contributed by atoms with Crippen molar-refractivity contribution in [2.75, 3.05) is 0 Å². The minimum absolute atomic E-state index is 0.0229. The highest BCUT2D eigenvalue weighted by atomic mass is 35.5. The number of nitrogens with one attached hydrogen (secondary N) is 1. The van der Waals surface area contributed by atoms with Crippen molar-refractivity contribution in [3.05, 3.63) is 44.5 Å². The van der Waals surface area contributed by atoms with Crippen molar-refractivity contribution in [1.82, 2.24) is 5.32 Å². The van der Waals surface area contributed by atoms with Gasteiger partial charge in [0.25, 0.3) is 11.4 Å². The molecule has 166 valence electrons. The van der Waals surface area contributed by atoms with Crippen LogP contribution in [-0.2, 0) is 0 Å². The zero-order valence-corrected chi connectivity index (χ0v) is 15.9. The lowest BCUT2D eigenvalue weighted by molar-refractivity contribution is -0.280. The Hall–Kier alpha value is -1.67. The molecule has 0 aliphatic carbocycles. The number of hydrogen-bond donors (Lipinski definition) is 1. The van der Waals surface area contributed by atoms with E-state index in [0.29, 0.717) is 0 Å². The van der Waals surface area contributed by atoms with Gasteiger partial charge in [-0.2, -0.15) is 39.5 Å². The fraction of sp³-hybridized carbons (Fsp3) is 0.286. The summed E-state index contributed by atoms with van der Waals surface area (Å²) >= 11 is 10.3. The molecule has 1 aliphatic rings. The number of carbonyl (C=O) groups excluding carboxylic acids is 1. The van der Waals surface area contributed by atoms with E-state index in [1.165, 1.54) is 5.32 Å². The van der Waals surface area contributed by atoms with Crippen LogP contribution < -0.4 is 5.32 Å². The monoisotopic (exact) mass is 508 g/mol. The lowest BCUT2D eigenvalue weighted by atomic mass is 9.97. The Kier molecular flexibility index (Phi) is 6.38. The van der Waals surface area contributed by atoms with Crippen LogP contribution in [0.1, 0.15) is 10.4 Å². The van der Waals surface area contributed by atoms with Gasteiger partial charge in [0.1, 0.15) is 0 Å². The van der Waals surface area contributed by atoms with Crippen molar-refractivity contribution in [3.8, 4) is 0 Å². The lowest BCUT2D eigenvalue weighted by Crippen LogP contribution is -2.55. The summed E-state index contributed by atoms with van der Waals surface area (Å²) in [5.74, 6) is -5.07. The van der Waals surface area contributed by atoms with Crippen molar-refractivity contribution in [3.63, 3.8) is 0 Å². The number of aliphatic imine (C=N–C) groups is 1. The molecule has 0 fully saturated rings. The van der Waals surface area contributed by atoms with Crippen LogP contribution in [0.4, 0.5) is 43.9 Å². The number of amidine groups is 1. The number of benzene rings is 1. The lowest BCUT2D eigenvalue weighted by Gasteiger charge is -2.31. The van der Waals surface area contributed by atoms with Crippen LogP contribution in [0.15, 0.2) is 33.9 Å². The van der Waals surface area contributed by atoms with Gasteiger partial charge in [-0.15, -0.1) is 0 Å². The Morgan fingerprint density at radius 1 is 1.00 bits per heavy atom. The van der Waals surface area contributed by atoms with Gasteiger partial charge in [0, 0.05) is 5.02 Å². The fourth-order valence-electron chi connectivity index (χ4n) is 2.17. The van der Waals surface area contributed by atoms with Crippen LogP contribution in [0.2, 0.25) is 10.0 Å². The van der Waals surface area contributed by atoms with Crippen molar-refractivity contribution >= 4 is 46.0 Å². The summed E-state index contributed by atoms with van der Waals surface area (Å²) in [6.45, 7) is 0. The number of halogens is 12. The second kappa shape index (κ2) is 7.79. The molecule has 1 amide bonds. The maximum Gasteiger partial charge on any atom is 0.443 e. The first-order valence-corrected chi connectivity index (χ1v) is 8.64.